The van der Waals surface area contributed by atoms with Gasteiger partial charge < -0.3 is 10.6 Å². The Kier molecular flexibility index (Phi) is 3.67. The van der Waals surface area contributed by atoms with Crippen LogP contribution in [0.3, 0.4) is 0 Å². The van der Waals surface area contributed by atoms with Crippen LogP contribution in [-0.4, -0.2) is 23.5 Å². The minimum Gasteiger partial charge on any atom is -0.319 e. The van der Waals surface area contributed by atoms with Gasteiger partial charge in [-0.2, -0.15) is 0 Å². The van der Waals surface area contributed by atoms with Crippen LogP contribution in [0.1, 0.15) is 54.6 Å². The van der Waals surface area contributed by atoms with Gasteiger partial charge >= 0.3 is 0 Å². The predicted molar refractivity (Wildman–Crippen MR) is 80.3 cm³/mol. The summed E-state index contributed by atoms with van der Waals surface area (Å²) < 4.78 is 0. The van der Waals surface area contributed by atoms with E-state index in [1.807, 2.05) is 11.3 Å². The van der Waals surface area contributed by atoms with E-state index in [1.165, 1.54) is 34.8 Å². The number of rotatable bonds is 2. The molecule has 1 aliphatic carbocycles. The van der Waals surface area contributed by atoms with Gasteiger partial charge in [-0.05, 0) is 38.6 Å². The Bertz CT molecular complexity index is 446. The maximum absolute atomic E-state index is 6.68. The van der Waals surface area contributed by atoms with Crippen molar-refractivity contribution in [2.75, 3.05) is 13.6 Å². The first-order valence-corrected chi connectivity index (χ1v) is 8.39. The van der Waals surface area contributed by atoms with E-state index in [0.717, 1.165) is 38.3 Å². The van der Waals surface area contributed by atoms with E-state index in [4.69, 9.17) is 10.7 Å². The summed E-state index contributed by atoms with van der Waals surface area (Å²) >= 11 is 1.88. The number of likely N-dealkylation sites (N-methyl/N-ethyl adjacent to an activating group) is 1. The lowest BCUT2D eigenvalue weighted by molar-refractivity contribution is 0.231. The van der Waals surface area contributed by atoms with Crippen molar-refractivity contribution >= 4 is 11.3 Å². The number of nitrogens with zero attached hydrogens (tertiary/aromatic N) is 2. The van der Waals surface area contributed by atoms with Crippen LogP contribution in [0.2, 0.25) is 0 Å². The summed E-state index contributed by atoms with van der Waals surface area (Å²) in [5.74, 6) is 0.886. The van der Waals surface area contributed by atoms with Gasteiger partial charge in [0.05, 0.1) is 11.2 Å². The molecule has 3 rings (SSSR count). The third-order valence-electron chi connectivity index (χ3n) is 4.92. The van der Waals surface area contributed by atoms with Crippen molar-refractivity contribution < 1.29 is 0 Å². The van der Waals surface area contributed by atoms with Crippen LogP contribution in [0.5, 0.6) is 0 Å². The summed E-state index contributed by atoms with van der Waals surface area (Å²) in [4.78, 5) is 8.72. The molecule has 1 aromatic heterocycles. The standard InChI is InChI=1S/C15H25N3S/c1-3-11-4-7-15(16,8-5-11)14-17-12-6-9-18(2)10-13(12)19-14/h11H,3-10,16H2,1-2H3. The smallest absolute Gasteiger partial charge is 0.113 e. The predicted octanol–water partition coefficient (Wildman–Crippen LogP) is 2.89. The minimum absolute atomic E-state index is 0.133. The molecule has 0 bridgehead atoms. The van der Waals surface area contributed by atoms with Gasteiger partial charge in [0, 0.05) is 24.4 Å². The Morgan fingerprint density at radius 2 is 2.16 bits per heavy atom. The normalized spacial score (nSPS) is 32.3. The molecule has 3 nitrogen and oxygen atoms in total. The summed E-state index contributed by atoms with van der Waals surface area (Å²) in [6.45, 7) is 4.48. The van der Waals surface area contributed by atoms with E-state index in [9.17, 15) is 0 Å². The number of hydrogen-bond acceptors (Lipinski definition) is 4. The van der Waals surface area contributed by atoms with Gasteiger partial charge in [-0.1, -0.05) is 13.3 Å². The van der Waals surface area contributed by atoms with Crippen LogP contribution in [0, 0.1) is 5.92 Å². The highest BCUT2D eigenvalue weighted by molar-refractivity contribution is 7.11. The maximum Gasteiger partial charge on any atom is 0.113 e. The van der Waals surface area contributed by atoms with Crippen molar-refractivity contribution in [1.82, 2.24) is 9.88 Å². The van der Waals surface area contributed by atoms with Crippen LogP contribution in [0.25, 0.3) is 0 Å². The largest absolute Gasteiger partial charge is 0.319 e. The molecule has 1 aliphatic heterocycles. The number of thiazole rings is 1. The van der Waals surface area contributed by atoms with E-state index < -0.39 is 0 Å². The van der Waals surface area contributed by atoms with E-state index in [2.05, 4.69) is 18.9 Å². The molecule has 106 valence electrons. The van der Waals surface area contributed by atoms with Gasteiger partial charge in [0.15, 0.2) is 0 Å². The third kappa shape index (κ3) is 2.58. The Hall–Kier alpha value is -0.450. The fourth-order valence-corrected chi connectivity index (χ4v) is 4.70. The summed E-state index contributed by atoms with van der Waals surface area (Å²) in [6, 6.07) is 0. The van der Waals surface area contributed by atoms with Crippen LogP contribution < -0.4 is 5.73 Å². The van der Waals surface area contributed by atoms with E-state index in [-0.39, 0.29) is 5.54 Å². The first-order valence-electron chi connectivity index (χ1n) is 7.57. The van der Waals surface area contributed by atoms with Gasteiger partial charge in [-0.15, -0.1) is 11.3 Å². The SMILES string of the molecule is CCC1CCC(N)(c2nc3c(s2)CN(C)CC3)CC1. The lowest BCUT2D eigenvalue weighted by atomic mass is 9.76. The van der Waals surface area contributed by atoms with Crippen molar-refractivity contribution in [3.8, 4) is 0 Å². The highest BCUT2D eigenvalue weighted by Crippen LogP contribution is 2.41. The molecule has 0 aromatic carbocycles. The second-order valence-electron chi connectivity index (χ2n) is 6.38. The van der Waals surface area contributed by atoms with Gasteiger partial charge in [0.25, 0.3) is 0 Å². The van der Waals surface area contributed by atoms with Crippen LogP contribution in [-0.2, 0) is 18.5 Å². The Labute approximate surface area is 120 Å². The van der Waals surface area contributed by atoms with E-state index in [0.29, 0.717) is 0 Å². The third-order valence-corrected chi connectivity index (χ3v) is 6.23. The van der Waals surface area contributed by atoms with Crippen molar-refractivity contribution in [3.05, 3.63) is 15.6 Å². The average Bonchev–Trinajstić information content (AvgIpc) is 2.83. The molecule has 0 amide bonds. The zero-order chi connectivity index (χ0) is 13.5. The van der Waals surface area contributed by atoms with E-state index in [1.54, 1.807) is 0 Å². The quantitative estimate of drug-likeness (QED) is 0.905. The van der Waals surface area contributed by atoms with Gasteiger partial charge in [-0.3, -0.25) is 0 Å². The highest BCUT2D eigenvalue weighted by Gasteiger charge is 2.36. The van der Waals surface area contributed by atoms with Crippen molar-refractivity contribution in [2.24, 2.45) is 11.7 Å². The first-order chi connectivity index (χ1) is 9.10. The molecule has 4 heteroatoms. The second kappa shape index (κ2) is 5.15. The first kappa shape index (κ1) is 13.5. The molecule has 1 aromatic rings. The lowest BCUT2D eigenvalue weighted by Gasteiger charge is -2.35. The summed E-state index contributed by atoms with van der Waals surface area (Å²) in [5, 5.41) is 1.21. The monoisotopic (exact) mass is 279 g/mol. The lowest BCUT2D eigenvalue weighted by Crippen LogP contribution is -2.40. The van der Waals surface area contributed by atoms with Crippen molar-refractivity contribution in [2.45, 2.75) is 57.5 Å². The number of hydrogen-bond donors (Lipinski definition) is 1. The average molecular weight is 279 g/mol. The molecular weight excluding hydrogens is 254 g/mol. The zero-order valence-electron chi connectivity index (χ0n) is 12.1. The fourth-order valence-electron chi connectivity index (χ4n) is 3.35. The summed E-state index contributed by atoms with van der Waals surface area (Å²) in [6.07, 6.45) is 7.18. The van der Waals surface area contributed by atoms with Crippen LogP contribution in [0.4, 0.5) is 0 Å². The molecule has 1 saturated carbocycles. The molecule has 1 fully saturated rings. The van der Waals surface area contributed by atoms with Gasteiger partial charge in [0.2, 0.25) is 0 Å². The molecule has 2 aliphatic rings. The van der Waals surface area contributed by atoms with Crippen molar-refractivity contribution in [3.63, 3.8) is 0 Å². The fraction of sp³-hybridized carbons (Fsp3) is 0.800. The second-order valence-corrected chi connectivity index (χ2v) is 7.47. The number of aromatic nitrogens is 1. The molecule has 0 radical (unpaired) electrons. The molecule has 0 atom stereocenters. The van der Waals surface area contributed by atoms with Gasteiger partial charge in [0.1, 0.15) is 5.01 Å². The maximum atomic E-state index is 6.68. The molecular formula is C15H25N3S. The Morgan fingerprint density at radius 3 is 2.84 bits per heavy atom. The summed E-state index contributed by atoms with van der Waals surface area (Å²) in [5.41, 5.74) is 7.87. The molecule has 19 heavy (non-hydrogen) atoms. The van der Waals surface area contributed by atoms with E-state index >= 15 is 0 Å². The Balaban J connectivity index is 1.79. The van der Waals surface area contributed by atoms with Crippen LogP contribution >= 0.6 is 11.3 Å². The zero-order valence-corrected chi connectivity index (χ0v) is 12.9. The van der Waals surface area contributed by atoms with Gasteiger partial charge in [-0.25, -0.2) is 4.98 Å². The molecule has 0 saturated heterocycles. The highest BCUT2D eigenvalue weighted by atomic mass is 32.1. The molecule has 0 spiro atoms. The molecule has 2 N–H and O–H groups in total. The minimum atomic E-state index is -0.133. The number of nitrogens with two attached hydrogens (primary N) is 1. The molecule has 0 unspecified atom stereocenters. The van der Waals surface area contributed by atoms with Crippen LogP contribution in [0.15, 0.2) is 0 Å². The Morgan fingerprint density at radius 1 is 1.42 bits per heavy atom. The van der Waals surface area contributed by atoms with Crippen molar-refractivity contribution in [1.29, 1.82) is 0 Å². The topological polar surface area (TPSA) is 42.1 Å². The number of fused-ring (bicyclic) bond motifs is 1. The summed E-state index contributed by atoms with van der Waals surface area (Å²) in [7, 11) is 2.19. The molecule has 2 heterocycles.